The molecule has 8 heteroatoms. The van der Waals surface area contributed by atoms with E-state index >= 15 is 0 Å². The number of hydrogen-bond donors (Lipinski definition) is 1. The Morgan fingerprint density at radius 3 is 2.42 bits per heavy atom. The lowest BCUT2D eigenvalue weighted by atomic mass is 9.67. The molecule has 156 valence electrons. The van der Waals surface area contributed by atoms with Crippen LogP contribution in [0.4, 0.5) is 5.69 Å². The van der Waals surface area contributed by atoms with Gasteiger partial charge in [-0.3, -0.25) is 4.79 Å². The van der Waals surface area contributed by atoms with Crippen molar-refractivity contribution in [3.05, 3.63) is 52.6 Å². The Morgan fingerprint density at radius 2 is 1.81 bits per heavy atom. The van der Waals surface area contributed by atoms with Gasteiger partial charge in [0.1, 0.15) is 12.1 Å². The van der Waals surface area contributed by atoms with Gasteiger partial charge in [0, 0.05) is 11.6 Å². The van der Waals surface area contributed by atoms with Crippen LogP contribution in [0.5, 0.6) is 0 Å². The Labute approximate surface area is 179 Å². The topological polar surface area (TPSA) is 129 Å². The number of amides is 1. The molecule has 1 saturated carbocycles. The lowest BCUT2D eigenvalue weighted by Crippen LogP contribution is -2.46. The SMILES string of the molecule is CCOC(=O)c1ccc(NC(=O)C23CCC(c4nc(C#N)c(C#N)nc42)C3(C)C)cc1. The number of benzene rings is 1. The van der Waals surface area contributed by atoms with E-state index in [-0.39, 0.29) is 29.8 Å². The number of nitrogens with one attached hydrogen (secondary N) is 1. The van der Waals surface area contributed by atoms with E-state index in [0.29, 0.717) is 29.1 Å². The Hall–Kier alpha value is -3.78. The number of esters is 1. The van der Waals surface area contributed by atoms with E-state index in [1.54, 1.807) is 31.2 Å². The minimum absolute atomic E-state index is 0.00490. The standard InChI is InChI=1S/C23H21N5O3/c1-4-31-20(29)13-5-7-14(8-6-13)26-21(30)23-10-9-15(22(23,2)3)18-19(23)28-17(12-25)16(11-24)27-18/h5-8,15H,4,9-10H2,1-3H3,(H,26,30). The van der Waals surface area contributed by atoms with Gasteiger partial charge in [-0.05, 0) is 49.4 Å². The highest BCUT2D eigenvalue weighted by atomic mass is 16.5. The van der Waals surface area contributed by atoms with Gasteiger partial charge in [0.05, 0.1) is 29.0 Å². The van der Waals surface area contributed by atoms with Gasteiger partial charge in [0.15, 0.2) is 11.4 Å². The number of rotatable bonds is 4. The first-order chi connectivity index (χ1) is 14.8. The fourth-order valence-electron chi connectivity index (χ4n) is 5.06. The molecule has 2 aromatic rings. The molecule has 1 fully saturated rings. The van der Waals surface area contributed by atoms with Crippen LogP contribution in [-0.2, 0) is 14.9 Å². The number of carbonyl (C=O) groups excluding carboxylic acids is 2. The van der Waals surface area contributed by atoms with Crippen LogP contribution >= 0.6 is 0 Å². The summed E-state index contributed by atoms with van der Waals surface area (Å²) in [6, 6.07) is 10.4. The fraction of sp³-hybridized carbons (Fsp3) is 0.391. The summed E-state index contributed by atoms with van der Waals surface area (Å²) in [6.07, 6.45) is 1.33. The third-order valence-electron chi connectivity index (χ3n) is 6.69. The van der Waals surface area contributed by atoms with Crippen molar-refractivity contribution in [2.45, 2.75) is 44.9 Å². The number of aromatic nitrogens is 2. The molecule has 0 aliphatic heterocycles. The molecule has 2 unspecified atom stereocenters. The highest BCUT2D eigenvalue weighted by Gasteiger charge is 2.68. The second kappa shape index (κ2) is 7.17. The average Bonchev–Trinajstić information content (AvgIpc) is 3.14. The molecule has 2 aliphatic rings. The van der Waals surface area contributed by atoms with Crippen LogP contribution in [0.3, 0.4) is 0 Å². The van der Waals surface area contributed by atoms with Crippen molar-refractivity contribution in [2.75, 3.05) is 11.9 Å². The lowest BCUT2D eigenvalue weighted by molar-refractivity contribution is -0.124. The van der Waals surface area contributed by atoms with E-state index in [9.17, 15) is 20.1 Å². The smallest absolute Gasteiger partial charge is 0.338 e. The van der Waals surface area contributed by atoms with Crippen LogP contribution < -0.4 is 5.32 Å². The van der Waals surface area contributed by atoms with Crippen molar-refractivity contribution >= 4 is 17.6 Å². The summed E-state index contributed by atoms with van der Waals surface area (Å²) in [5.74, 6) is -0.673. The molecular weight excluding hydrogens is 394 g/mol. The monoisotopic (exact) mass is 415 g/mol. The molecule has 4 rings (SSSR count). The molecule has 1 N–H and O–H groups in total. The Kier molecular flexibility index (Phi) is 4.74. The number of hydrogen-bond acceptors (Lipinski definition) is 7. The third kappa shape index (κ3) is 2.79. The van der Waals surface area contributed by atoms with Gasteiger partial charge in [-0.25, -0.2) is 14.8 Å². The van der Waals surface area contributed by atoms with Gasteiger partial charge in [-0.2, -0.15) is 10.5 Å². The molecule has 1 aromatic heterocycles. The van der Waals surface area contributed by atoms with Gasteiger partial charge in [0.25, 0.3) is 0 Å². The predicted molar refractivity (Wildman–Crippen MR) is 110 cm³/mol. The molecular formula is C23H21N5O3. The molecule has 8 nitrogen and oxygen atoms in total. The van der Waals surface area contributed by atoms with Gasteiger partial charge >= 0.3 is 5.97 Å². The molecule has 1 amide bonds. The van der Waals surface area contributed by atoms with Crippen LogP contribution in [0.1, 0.15) is 72.7 Å². The van der Waals surface area contributed by atoms with Gasteiger partial charge in [0.2, 0.25) is 5.91 Å². The van der Waals surface area contributed by atoms with Crippen molar-refractivity contribution in [2.24, 2.45) is 5.41 Å². The first-order valence-corrected chi connectivity index (χ1v) is 10.1. The molecule has 0 spiro atoms. The van der Waals surface area contributed by atoms with Crippen LogP contribution in [0, 0.1) is 28.1 Å². The average molecular weight is 415 g/mol. The summed E-state index contributed by atoms with van der Waals surface area (Å²) in [5, 5.41) is 21.7. The first-order valence-electron chi connectivity index (χ1n) is 10.1. The van der Waals surface area contributed by atoms with E-state index in [0.717, 1.165) is 6.42 Å². The number of fused-ring (bicyclic) bond motifs is 5. The molecule has 0 radical (unpaired) electrons. The maximum atomic E-state index is 13.6. The molecule has 2 atom stereocenters. The minimum Gasteiger partial charge on any atom is -0.462 e. The molecule has 0 saturated heterocycles. The number of nitrogens with zero attached hydrogens (tertiary/aromatic N) is 4. The zero-order valence-corrected chi connectivity index (χ0v) is 17.5. The summed E-state index contributed by atoms with van der Waals surface area (Å²) in [4.78, 5) is 34.4. The zero-order valence-electron chi connectivity index (χ0n) is 17.5. The first kappa shape index (κ1) is 20.5. The van der Waals surface area contributed by atoms with E-state index in [4.69, 9.17) is 4.74 Å². The fourth-order valence-corrected chi connectivity index (χ4v) is 5.06. The van der Waals surface area contributed by atoms with Crippen molar-refractivity contribution in [1.82, 2.24) is 9.97 Å². The van der Waals surface area contributed by atoms with Crippen LogP contribution in [0.25, 0.3) is 0 Å². The molecule has 31 heavy (non-hydrogen) atoms. The van der Waals surface area contributed by atoms with Gasteiger partial charge in [-0.1, -0.05) is 13.8 Å². The third-order valence-corrected chi connectivity index (χ3v) is 6.69. The van der Waals surface area contributed by atoms with E-state index < -0.39 is 16.8 Å². The second-order valence-corrected chi connectivity index (χ2v) is 8.35. The van der Waals surface area contributed by atoms with Crippen molar-refractivity contribution in [3.63, 3.8) is 0 Å². The molecule has 1 heterocycles. The zero-order chi connectivity index (χ0) is 22.4. The Balaban J connectivity index is 1.71. The van der Waals surface area contributed by atoms with Crippen LogP contribution in [0.15, 0.2) is 24.3 Å². The van der Waals surface area contributed by atoms with Gasteiger partial charge < -0.3 is 10.1 Å². The summed E-state index contributed by atoms with van der Waals surface area (Å²) >= 11 is 0. The highest BCUT2D eigenvalue weighted by Crippen LogP contribution is 2.67. The largest absolute Gasteiger partial charge is 0.462 e. The summed E-state index contributed by atoms with van der Waals surface area (Å²) in [5.41, 5.74) is 0.570. The molecule has 1 aromatic carbocycles. The maximum Gasteiger partial charge on any atom is 0.338 e. The van der Waals surface area contributed by atoms with Crippen molar-refractivity contribution in [3.8, 4) is 12.1 Å². The number of ether oxygens (including phenoxy) is 1. The predicted octanol–water partition coefficient (Wildman–Crippen LogP) is 3.19. The summed E-state index contributed by atoms with van der Waals surface area (Å²) in [7, 11) is 0. The molecule has 2 bridgehead atoms. The summed E-state index contributed by atoms with van der Waals surface area (Å²) < 4.78 is 4.99. The Morgan fingerprint density at radius 1 is 1.16 bits per heavy atom. The maximum absolute atomic E-state index is 13.6. The minimum atomic E-state index is -0.959. The van der Waals surface area contributed by atoms with E-state index in [1.165, 1.54) is 0 Å². The van der Waals surface area contributed by atoms with Crippen LogP contribution in [0.2, 0.25) is 0 Å². The van der Waals surface area contributed by atoms with Gasteiger partial charge in [-0.15, -0.1) is 0 Å². The highest BCUT2D eigenvalue weighted by molar-refractivity contribution is 6.01. The number of anilines is 1. The number of carbonyl (C=O) groups is 2. The number of nitriles is 2. The normalized spacial score (nSPS) is 22.2. The van der Waals surface area contributed by atoms with E-state index in [2.05, 4.69) is 15.3 Å². The van der Waals surface area contributed by atoms with E-state index in [1.807, 2.05) is 26.0 Å². The lowest BCUT2D eigenvalue weighted by Gasteiger charge is -2.36. The Bertz CT molecular complexity index is 1170. The second-order valence-electron chi connectivity index (χ2n) is 8.35. The van der Waals surface area contributed by atoms with Crippen molar-refractivity contribution in [1.29, 1.82) is 10.5 Å². The summed E-state index contributed by atoms with van der Waals surface area (Å²) in [6.45, 7) is 6.04. The van der Waals surface area contributed by atoms with Crippen LogP contribution in [-0.4, -0.2) is 28.5 Å². The quantitative estimate of drug-likeness (QED) is 0.759. The molecule has 2 aliphatic carbocycles. The van der Waals surface area contributed by atoms with Crippen molar-refractivity contribution < 1.29 is 14.3 Å².